The van der Waals surface area contributed by atoms with Gasteiger partial charge in [-0.3, -0.25) is 4.79 Å². The summed E-state index contributed by atoms with van der Waals surface area (Å²) in [6.45, 7) is 0.581. The van der Waals surface area contributed by atoms with Crippen LogP contribution in [0.5, 0.6) is 0 Å². The topological polar surface area (TPSA) is 84.3 Å². The number of anilines is 1. The summed E-state index contributed by atoms with van der Waals surface area (Å²) in [5.41, 5.74) is 0.728. The largest absolute Gasteiger partial charge is 0.339 e. The van der Waals surface area contributed by atoms with Crippen molar-refractivity contribution >= 4 is 33.4 Å². The van der Waals surface area contributed by atoms with Gasteiger partial charge < -0.3 is 9.88 Å². The lowest BCUT2D eigenvalue weighted by molar-refractivity contribution is -0.120. The number of imidazole rings is 1. The third-order valence-electron chi connectivity index (χ3n) is 4.38. The van der Waals surface area contributed by atoms with E-state index in [1.807, 2.05) is 30.5 Å². The van der Waals surface area contributed by atoms with Gasteiger partial charge in [-0.25, -0.2) is 13.4 Å². The number of carbonyl (C=O) groups is 1. The molecule has 2 heterocycles. The number of aromatic nitrogens is 2. The van der Waals surface area contributed by atoms with Gasteiger partial charge in [-0.05, 0) is 37.3 Å². The van der Waals surface area contributed by atoms with Crippen LogP contribution in [0, 0.1) is 5.92 Å². The standard InChI is InChI=1S/C17H22N4O3S2/c1-20-11-16(18-12-20)26(23,24)21-8-4-5-13(10-21)17(22)19-14-6-3-7-15(9-14)25-2/h3,6-7,9,11-13H,4-5,8,10H2,1-2H3,(H,19,22)/t13-/m1/s1. The molecule has 1 fully saturated rings. The van der Waals surface area contributed by atoms with E-state index in [1.54, 1.807) is 23.4 Å². The van der Waals surface area contributed by atoms with E-state index in [-0.39, 0.29) is 23.4 Å². The Morgan fingerprint density at radius 2 is 2.19 bits per heavy atom. The molecule has 26 heavy (non-hydrogen) atoms. The number of hydrogen-bond donors (Lipinski definition) is 1. The lowest BCUT2D eigenvalue weighted by atomic mass is 9.99. The van der Waals surface area contributed by atoms with E-state index in [9.17, 15) is 13.2 Å². The number of thioether (sulfide) groups is 1. The molecular weight excluding hydrogens is 372 g/mol. The summed E-state index contributed by atoms with van der Waals surface area (Å²) in [5, 5.41) is 2.93. The van der Waals surface area contributed by atoms with Crippen LogP contribution in [0.4, 0.5) is 5.69 Å². The Balaban J connectivity index is 1.70. The molecule has 140 valence electrons. The minimum absolute atomic E-state index is 0.0220. The van der Waals surface area contributed by atoms with Gasteiger partial charge in [0.05, 0.1) is 12.2 Å². The first kappa shape index (κ1) is 18.9. The van der Waals surface area contributed by atoms with Gasteiger partial charge in [-0.2, -0.15) is 4.31 Å². The van der Waals surface area contributed by atoms with Crippen molar-refractivity contribution in [2.24, 2.45) is 13.0 Å². The predicted octanol–water partition coefficient (Wildman–Crippen LogP) is 2.18. The maximum absolute atomic E-state index is 12.7. The average molecular weight is 395 g/mol. The van der Waals surface area contributed by atoms with Crippen molar-refractivity contribution in [1.82, 2.24) is 13.9 Å². The van der Waals surface area contributed by atoms with E-state index < -0.39 is 10.0 Å². The smallest absolute Gasteiger partial charge is 0.262 e. The number of nitrogens with zero attached hydrogens (tertiary/aromatic N) is 3. The molecule has 7 nitrogen and oxygen atoms in total. The van der Waals surface area contributed by atoms with Gasteiger partial charge in [0.1, 0.15) is 0 Å². The minimum Gasteiger partial charge on any atom is -0.339 e. The first-order valence-electron chi connectivity index (χ1n) is 8.33. The molecule has 1 aromatic carbocycles. The maximum Gasteiger partial charge on any atom is 0.262 e. The van der Waals surface area contributed by atoms with Crippen molar-refractivity contribution in [3.8, 4) is 0 Å². The predicted molar refractivity (Wildman–Crippen MR) is 102 cm³/mol. The van der Waals surface area contributed by atoms with Crippen LogP contribution < -0.4 is 5.32 Å². The molecule has 0 saturated carbocycles. The number of benzene rings is 1. The molecule has 1 amide bonds. The van der Waals surface area contributed by atoms with E-state index in [0.717, 1.165) is 10.6 Å². The number of amides is 1. The van der Waals surface area contributed by atoms with Crippen molar-refractivity contribution in [2.75, 3.05) is 24.7 Å². The van der Waals surface area contributed by atoms with Crippen LogP contribution in [0.3, 0.4) is 0 Å². The number of hydrogen-bond acceptors (Lipinski definition) is 5. The second-order valence-corrected chi connectivity index (χ2v) is 9.07. The Hall–Kier alpha value is -1.84. The molecule has 1 aliphatic heterocycles. The van der Waals surface area contributed by atoms with Gasteiger partial charge in [0.15, 0.2) is 5.03 Å². The summed E-state index contributed by atoms with van der Waals surface area (Å²) < 4.78 is 28.4. The van der Waals surface area contributed by atoms with Crippen LogP contribution in [0.1, 0.15) is 12.8 Å². The highest BCUT2D eigenvalue weighted by molar-refractivity contribution is 7.98. The molecule has 0 bridgehead atoms. The first-order chi connectivity index (χ1) is 12.4. The summed E-state index contributed by atoms with van der Waals surface area (Å²) in [5.74, 6) is -0.524. The monoisotopic (exact) mass is 394 g/mol. The molecule has 3 rings (SSSR count). The molecule has 1 aliphatic rings. The number of carbonyl (C=O) groups excluding carboxylic acids is 1. The molecule has 0 unspecified atom stereocenters. The average Bonchev–Trinajstić information content (AvgIpc) is 3.09. The highest BCUT2D eigenvalue weighted by atomic mass is 32.2. The number of sulfonamides is 1. The zero-order chi connectivity index (χ0) is 18.7. The second kappa shape index (κ2) is 7.81. The highest BCUT2D eigenvalue weighted by Crippen LogP contribution is 2.25. The van der Waals surface area contributed by atoms with Crippen LogP contribution in [-0.4, -0.2) is 47.5 Å². The van der Waals surface area contributed by atoms with Crippen LogP contribution >= 0.6 is 11.8 Å². The molecule has 1 aromatic heterocycles. The lowest BCUT2D eigenvalue weighted by Gasteiger charge is -2.30. The van der Waals surface area contributed by atoms with Crippen LogP contribution in [-0.2, 0) is 21.9 Å². The number of aryl methyl sites for hydroxylation is 1. The fourth-order valence-corrected chi connectivity index (χ4v) is 4.92. The number of rotatable bonds is 5. The summed E-state index contributed by atoms with van der Waals surface area (Å²) in [6, 6.07) is 7.61. The Kier molecular flexibility index (Phi) is 5.69. The summed E-state index contributed by atoms with van der Waals surface area (Å²) in [7, 11) is -1.95. The van der Waals surface area contributed by atoms with Crippen LogP contribution in [0.25, 0.3) is 0 Å². The molecule has 9 heteroatoms. The molecule has 0 spiro atoms. The minimum atomic E-state index is -3.67. The number of nitrogens with one attached hydrogen (secondary N) is 1. The van der Waals surface area contributed by atoms with E-state index >= 15 is 0 Å². The van der Waals surface area contributed by atoms with E-state index in [4.69, 9.17) is 0 Å². The Labute approximate surface area is 157 Å². The van der Waals surface area contributed by atoms with Gasteiger partial charge in [-0.1, -0.05) is 6.07 Å². The van der Waals surface area contributed by atoms with Gasteiger partial charge in [0.25, 0.3) is 10.0 Å². The molecule has 1 N–H and O–H groups in total. The summed E-state index contributed by atoms with van der Waals surface area (Å²) >= 11 is 1.60. The van der Waals surface area contributed by atoms with Crippen molar-refractivity contribution in [2.45, 2.75) is 22.8 Å². The molecule has 0 aliphatic carbocycles. The Morgan fingerprint density at radius 1 is 1.38 bits per heavy atom. The first-order valence-corrected chi connectivity index (χ1v) is 11.0. The summed E-state index contributed by atoms with van der Waals surface area (Å²) in [4.78, 5) is 17.6. The SMILES string of the molecule is CSc1cccc(NC(=O)[C@@H]2CCCN(S(=O)(=O)c3cn(C)cn3)C2)c1. The normalized spacial score (nSPS) is 18.6. The van der Waals surface area contributed by atoms with Gasteiger partial charge >= 0.3 is 0 Å². The number of piperidine rings is 1. The third kappa shape index (κ3) is 4.11. The second-order valence-electron chi connectivity index (χ2n) is 6.30. The third-order valence-corrected chi connectivity index (χ3v) is 6.85. The summed E-state index contributed by atoms with van der Waals surface area (Å²) in [6.07, 6.45) is 6.23. The molecular formula is C17H22N4O3S2. The maximum atomic E-state index is 12.7. The fourth-order valence-electron chi connectivity index (χ4n) is 2.97. The van der Waals surface area contributed by atoms with E-state index in [2.05, 4.69) is 10.3 Å². The van der Waals surface area contributed by atoms with E-state index in [1.165, 1.54) is 16.8 Å². The van der Waals surface area contributed by atoms with Crippen molar-refractivity contribution in [1.29, 1.82) is 0 Å². The zero-order valence-electron chi connectivity index (χ0n) is 14.8. The van der Waals surface area contributed by atoms with Crippen molar-refractivity contribution in [3.63, 3.8) is 0 Å². The lowest BCUT2D eigenvalue weighted by Crippen LogP contribution is -2.43. The van der Waals surface area contributed by atoms with Crippen molar-refractivity contribution in [3.05, 3.63) is 36.8 Å². The molecule has 1 atom stereocenters. The Morgan fingerprint density at radius 3 is 2.88 bits per heavy atom. The van der Waals surface area contributed by atoms with E-state index in [0.29, 0.717) is 19.4 Å². The zero-order valence-corrected chi connectivity index (χ0v) is 16.4. The van der Waals surface area contributed by atoms with Crippen LogP contribution in [0.15, 0.2) is 46.7 Å². The van der Waals surface area contributed by atoms with Gasteiger partial charge in [-0.15, -0.1) is 11.8 Å². The molecule has 0 radical (unpaired) electrons. The molecule has 2 aromatic rings. The Bertz CT molecular complexity index is 895. The quantitative estimate of drug-likeness (QED) is 0.786. The van der Waals surface area contributed by atoms with Gasteiger partial charge in [0, 0.05) is 36.9 Å². The molecule has 1 saturated heterocycles. The van der Waals surface area contributed by atoms with Gasteiger partial charge in [0.2, 0.25) is 5.91 Å². The fraction of sp³-hybridized carbons (Fsp3) is 0.412. The van der Waals surface area contributed by atoms with Crippen molar-refractivity contribution < 1.29 is 13.2 Å². The van der Waals surface area contributed by atoms with Crippen LogP contribution in [0.2, 0.25) is 0 Å². The highest BCUT2D eigenvalue weighted by Gasteiger charge is 2.34.